The van der Waals surface area contributed by atoms with Crippen molar-refractivity contribution in [1.29, 1.82) is 0 Å². The first kappa shape index (κ1) is 13.8. The standard InChI is InChI=1S/C21H23N/c1-13-10-16-18-17(20(2,3)12-21(18,4)5)11-22-19(16)15-9-7-6-8-14(13)15/h6-11H,12H2,1-5H3. The highest BCUT2D eigenvalue weighted by Crippen LogP contribution is 2.51. The van der Waals surface area contributed by atoms with Gasteiger partial charge in [-0.05, 0) is 52.3 Å². The van der Waals surface area contributed by atoms with Crippen molar-refractivity contribution >= 4 is 21.7 Å². The molecule has 1 aliphatic carbocycles. The number of pyridine rings is 1. The Hall–Kier alpha value is -1.89. The molecule has 22 heavy (non-hydrogen) atoms. The number of hydrogen-bond donors (Lipinski definition) is 0. The summed E-state index contributed by atoms with van der Waals surface area (Å²) in [7, 11) is 0. The Kier molecular flexibility index (Phi) is 2.56. The van der Waals surface area contributed by atoms with Gasteiger partial charge in [0.05, 0.1) is 5.52 Å². The molecule has 2 aromatic carbocycles. The first-order chi connectivity index (χ1) is 10.3. The molecule has 0 unspecified atom stereocenters. The van der Waals surface area contributed by atoms with Crippen molar-refractivity contribution in [2.75, 3.05) is 0 Å². The van der Waals surface area contributed by atoms with Crippen LogP contribution in [-0.4, -0.2) is 4.98 Å². The molecule has 0 saturated carbocycles. The number of nitrogens with zero attached hydrogens (tertiary/aromatic N) is 1. The van der Waals surface area contributed by atoms with Crippen molar-refractivity contribution in [1.82, 2.24) is 4.98 Å². The van der Waals surface area contributed by atoms with Gasteiger partial charge in [0.15, 0.2) is 0 Å². The third kappa shape index (κ3) is 1.68. The van der Waals surface area contributed by atoms with E-state index in [4.69, 9.17) is 4.98 Å². The first-order valence-corrected chi connectivity index (χ1v) is 8.13. The SMILES string of the molecule is Cc1cc2c3c(cnc2c2ccccc12)C(C)(C)CC3(C)C. The van der Waals surface area contributed by atoms with Gasteiger partial charge in [-0.3, -0.25) is 4.98 Å². The van der Waals surface area contributed by atoms with Gasteiger partial charge in [-0.15, -0.1) is 0 Å². The van der Waals surface area contributed by atoms with Crippen molar-refractivity contribution in [3.8, 4) is 0 Å². The third-order valence-electron chi connectivity index (χ3n) is 5.37. The fraction of sp³-hybridized carbons (Fsp3) is 0.381. The molecular weight excluding hydrogens is 266 g/mol. The summed E-state index contributed by atoms with van der Waals surface area (Å²) in [6.45, 7) is 11.7. The van der Waals surface area contributed by atoms with Crippen LogP contribution in [-0.2, 0) is 10.8 Å². The lowest BCUT2D eigenvalue weighted by molar-refractivity contribution is 0.404. The second-order valence-corrected chi connectivity index (χ2v) is 8.13. The monoisotopic (exact) mass is 289 g/mol. The predicted octanol–water partition coefficient (Wildman–Crippen LogP) is 5.66. The molecule has 1 heteroatoms. The molecule has 0 fully saturated rings. The van der Waals surface area contributed by atoms with Gasteiger partial charge >= 0.3 is 0 Å². The lowest BCUT2D eigenvalue weighted by Gasteiger charge is -2.23. The van der Waals surface area contributed by atoms with Gasteiger partial charge in [0.25, 0.3) is 0 Å². The van der Waals surface area contributed by atoms with Crippen LogP contribution in [0.5, 0.6) is 0 Å². The van der Waals surface area contributed by atoms with Crippen molar-refractivity contribution in [2.45, 2.75) is 51.9 Å². The predicted molar refractivity (Wildman–Crippen MR) is 94.7 cm³/mol. The van der Waals surface area contributed by atoms with E-state index >= 15 is 0 Å². The van der Waals surface area contributed by atoms with Crippen LogP contribution in [0.15, 0.2) is 36.5 Å². The number of rotatable bonds is 0. The Bertz CT molecular complexity index is 916. The molecule has 0 saturated heterocycles. The Balaban J connectivity index is 2.23. The molecule has 1 nitrogen and oxygen atoms in total. The average molecular weight is 289 g/mol. The van der Waals surface area contributed by atoms with E-state index in [9.17, 15) is 0 Å². The summed E-state index contributed by atoms with van der Waals surface area (Å²) in [6, 6.07) is 11.0. The Morgan fingerprint density at radius 3 is 2.32 bits per heavy atom. The zero-order valence-corrected chi connectivity index (χ0v) is 14.1. The molecule has 3 aromatic rings. The number of aryl methyl sites for hydroxylation is 1. The third-order valence-corrected chi connectivity index (χ3v) is 5.37. The van der Waals surface area contributed by atoms with E-state index in [-0.39, 0.29) is 10.8 Å². The van der Waals surface area contributed by atoms with Gasteiger partial charge in [0, 0.05) is 17.0 Å². The number of fused-ring (bicyclic) bond motifs is 5. The molecule has 0 radical (unpaired) electrons. The normalized spacial score (nSPS) is 18.8. The highest BCUT2D eigenvalue weighted by Gasteiger charge is 2.43. The molecule has 0 N–H and O–H groups in total. The Morgan fingerprint density at radius 1 is 0.909 bits per heavy atom. The number of aromatic nitrogens is 1. The van der Waals surface area contributed by atoms with Gasteiger partial charge in [-0.25, -0.2) is 0 Å². The maximum atomic E-state index is 4.88. The van der Waals surface area contributed by atoms with Gasteiger partial charge in [-0.2, -0.15) is 0 Å². The molecule has 0 bridgehead atoms. The quantitative estimate of drug-likeness (QED) is 0.487. The van der Waals surface area contributed by atoms with Crippen molar-refractivity contribution < 1.29 is 0 Å². The molecule has 0 amide bonds. The smallest absolute Gasteiger partial charge is 0.0783 e. The van der Waals surface area contributed by atoms with Crippen LogP contribution in [0.2, 0.25) is 0 Å². The van der Waals surface area contributed by atoms with Crippen molar-refractivity contribution in [3.63, 3.8) is 0 Å². The van der Waals surface area contributed by atoms with E-state index in [1.165, 1.54) is 39.3 Å². The van der Waals surface area contributed by atoms with Gasteiger partial charge in [0.1, 0.15) is 0 Å². The molecule has 4 rings (SSSR count). The van der Waals surface area contributed by atoms with Crippen molar-refractivity contribution in [2.24, 2.45) is 0 Å². The van der Waals surface area contributed by atoms with Crippen LogP contribution >= 0.6 is 0 Å². The van der Waals surface area contributed by atoms with Crippen LogP contribution in [0.1, 0.15) is 50.8 Å². The number of hydrogen-bond acceptors (Lipinski definition) is 1. The molecule has 1 aromatic heterocycles. The zero-order chi connectivity index (χ0) is 15.7. The highest BCUT2D eigenvalue weighted by molar-refractivity contribution is 6.08. The van der Waals surface area contributed by atoms with Crippen LogP contribution in [0.4, 0.5) is 0 Å². The molecule has 0 atom stereocenters. The van der Waals surface area contributed by atoms with E-state index in [0.29, 0.717) is 0 Å². The minimum atomic E-state index is 0.203. The number of benzene rings is 2. The van der Waals surface area contributed by atoms with Gasteiger partial charge < -0.3 is 0 Å². The van der Waals surface area contributed by atoms with Crippen molar-refractivity contribution in [3.05, 3.63) is 53.2 Å². The second kappa shape index (κ2) is 4.10. The Labute approximate surface area is 132 Å². The lowest BCUT2D eigenvalue weighted by atomic mass is 9.81. The summed E-state index contributed by atoms with van der Waals surface area (Å²) in [5.74, 6) is 0. The molecule has 1 aliphatic rings. The summed E-state index contributed by atoms with van der Waals surface area (Å²) in [5.41, 5.74) is 5.86. The summed E-state index contributed by atoms with van der Waals surface area (Å²) in [6.07, 6.45) is 3.32. The van der Waals surface area contributed by atoms with E-state index in [1.807, 2.05) is 0 Å². The van der Waals surface area contributed by atoms with Crippen LogP contribution in [0.3, 0.4) is 0 Å². The summed E-state index contributed by atoms with van der Waals surface area (Å²) >= 11 is 0. The molecule has 0 spiro atoms. The van der Waals surface area contributed by atoms with E-state index in [0.717, 1.165) is 5.52 Å². The van der Waals surface area contributed by atoms with Crippen LogP contribution < -0.4 is 0 Å². The molecule has 0 aliphatic heterocycles. The molecular formula is C21H23N. The van der Waals surface area contributed by atoms with E-state index in [1.54, 1.807) is 0 Å². The maximum absolute atomic E-state index is 4.88. The molecule has 112 valence electrons. The second-order valence-electron chi connectivity index (χ2n) is 8.13. The van der Waals surface area contributed by atoms with E-state index in [2.05, 4.69) is 71.1 Å². The molecule has 1 heterocycles. The average Bonchev–Trinajstić information content (AvgIpc) is 2.64. The van der Waals surface area contributed by atoms with E-state index < -0.39 is 0 Å². The maximum Gasteiger partial charge on any atom is 0.0783 e. The fourth-order valence-corrected chi connectivity index (χ4v) is 4.74. The summed E-state index contributed by atoms with van der Waals surface area (Å²) in [5, 5.41) is 3.95. The van der Waals surface area contributed by atoms with Crippen LogP contribution in [0.25, 0.3) is 21.7 Å². The Morgan fingerprint density at radius 2 is 1.59 bits per heavy atom. The van der Waals surface area contributed by atoms with Gasteiger partial charge in [0.2, 0.25) is 0 Å². The largest absolute Gasteiger partial charge is 0.255 e. The zero-order valence-electron chi connectivity index (χ0n) is 14.1. The highest BCUT2D eigenvalue weighted by atomic mass is 14.7. The minimum absolute atomic E-state index is 0.203. The lowest BCUT2D eigenvalue weighted by Crippen LogP contribution is -2.18. The topological polar surface area (TPSA) is 12.9 Å². The fourth-order valence-electron chi connectivity index (χ4n) is 4.74. The summed E-state index contributed by atoms with van der Waals surface area (Å²) in [4.78, 5) is 4.88. The van der Waals surface area contributed by atoms with Gasteiger partial charge in [-0.1, -0.05) is 52.0 Å². The minimum Gasteiger partial charge on any atom is -0.255 e. The summed E-state index contributed by atoms with van der Waals surface area (Å²) < 4.78 is 0. The van der Waals surface area contributed by atoms with Crippen LogP contribution in [0, 0.1) is 6.92 Å². The first-order valence-electron chi connectivity index (χ1n) is 8.13.